The first kappa shape index (κ1) is 19.7. The summed E-state index contributed by atoms with van der Waals surface area (Å²) in [6, 6.07) is 4.48. The van der Waals surface area contributed by atoms with Gasteiger partial charge in [-0.05, 0) is 18.2 Å². The third-order valence-electron chi connectivity index (χ3n) is 5.13. The Morgan fingerprint density at radius 3 is 2.80 bits per heavy atom. The number of nitro groups is 1. The average molecular weight is 409 g/mol. The molecule has 1 aromatic heterocycles. The summed E-state index contributed by atoms with van der Waals surface area (Å²) in [5.41, 5.74) is 0.0592. The average Bonchev–Trinajstić information content (AvgIpc) is 3.30. The molecule has 1 aromatic carbocycles. The minimum atomic E-state index is -1.29. The van der Waals surface area contributed by atoms with Crippen molar-refractivity contribution in [1.29, 1.82) is 0 Å². The maximum absolute atomic E-state index is 12.6. The van der Waals surface area contributed by atoms with E-state index < -0.39 is 16.4 Å². The molecule has 0 unspecified atom stereocenters. The van der Waals surface area contributed by atoms with E-state index in [0.29, 0.717) is 48.7 Å². The molecule has 2 aliphatic heterocycles. The van der Waals surface area contributed by atoms with Crippen LogP contribution in [-0.2, 0) is 9.53 Å². The quantitative estimate of drug-likeness (QED) is 0.309. The monoisotopic (exact) mass is 409 g/mol. The molecular formula is C21H19N3O6. The van der Waals surface area contributed by atoms with Crippen molar-refractivity contribution in [1.82, 2.24) is 4.98 Å². The number of hydrogen-bond donors (Lipinski definition) is 3. The van der Waals surface area contributed by atoms with Crippen LogP contribution in [0.1, 0.15) is 29.7 Å². The van der Waals surface area contributed by atoms with Crippen LogP contribution in [0.3, 0.4) is 0 Å². The molecule has 1 amide bonds. The largest absolute Gasteiger partial charge is 0.495 e. The Kier molecular flexibility index (Phi) is 5.03. The van der Waals surface area contributed by atoms with Gasteiger partial charge in [0.15, 0.2) is 0 Å². The summed E-state index contributed by atoms with van der Waals surface area (Å²) in [7, 11) is 1.50. The molecule has 2 aliphatic rings. The third-order valence-corrected chi connectivity index (χ3v) is 5.13. The standard InChI is InChI=1S/C21H19N3O6/c1-29-18-5-9-22-16(18)12-14-19-13(4-6-21(26)7-10-30-11-8-21)17(24(27)28)3-2-15(19)23-20(14)25/h2-3,5,9,12,22,26H,7-8,10-11H2,1H3,(H,23,25). The Bertz CT molecular complexity index is 1120. The number of methoxy groups -OCH3 is 1. The predicted octanol–water partition coefficient (Wildman–Crippen LogP) is 2.32. The van der Waals surface area contributed by atoms with Crippen LogP contribution in [-0.4, -0.2) is 46.8 Å². The van der Waals surface area contributed by atoms with E-state index in [1.54, 1.807) is 18.3 Å². The maximum atomic E-state index is 12.6. The van der Waals surface area contributed by atoms with E-state index in [9.17, 15) is 20.0 Å². The van der Waals surface area contributed by atoms with Gasteiger partial charge < -0.3 is 24.9 Å². The Morgan fingerprint density at radius 2 is 2.10 bits per heavy atom. The highest BCUT2D eigenvalue weighted by molar-refractivity contribution is 6.35. The number of ether oxygens (including phenoxy) is 2. The lowest BCUT2D eigenvalue weighted by atomic mass is 9.93. The van der Waals surface area contributed by atoms with Crippen LogP contribution in [0.5, 0.6) is 5.75 Å². The Balaban J connectivity index is 1.88. The lowest BCUT2D eigenvalue weighted by molar-refractivity contribution is -0.385. The molecule has 9 nitrogen and oxygen atoms in total. The van der Waals surface area contributed by atoms with Gasteiger partial charge in [-0.2, -0.15) is 0 Å². The highest BCUT2D eigenvalue weighted by Gasteiger charge is 2.33. The zero-order chi connectivity index (χ0) is 21.3. The van der Waals surface area contributed by atoms with Crippen molar-refractivity contribution in [2.75, 3.05) is 25.6 Å². The lowest BCUT2D eigenvalue weighted by Crippen LogP contribution is -2.34. The molecule has 1 fully saturated rings. The number of anilines is 1. The summed E-state index contributed by atoms with van der Waals surface area (Å²) in [5, 5.41) is 25.0. The number of H-pyrrole nitrogens is 1. The fourth-order valence-electron chi connectivity index (χ4n) is 3.51. The molecule has 2 aromatic rings. The van der Waals surface area contributed by atoms with E-state index in [1.807, 2.05) is 0 Å². The smallest absolute Gasteiger partial charge is 0.285 e. The molecule has 4 rings (SSSR count). The number of rotatable bonds is 3. The SMILES string of the molecule is COc1cc[nH]c1C=C1C(=O)Nc2ccc([N+](=O)[O-])c(C#CC3(O)CCOCC3)c21. The topological polar surface area (TPSA) is 127 Å². The molecule has 9 heteroatoms. The Hall–Kier alpha value is -3.61. The van der Waals surface area contributed by atoms with Gasteiger partial charge in [-0.15, -0.1) is 0 Å². The number of aromatic nitrogens is 1. The molecule has 30 heavy (non-hydrogen) atoms. The van der Waals surface area contributed by atoms with Gasteiger partial charge >= 0.3 is 0 Å². The number of carbonyl (C=O) groups excluding carboxylic acids is 1. The molecule has 154 valence electrons. The van der Waals surface area contributed by atoms with Gasteiger partial charge in [0.1, 0.15) is 16.9 Å². The predicted molar refractivity (Wildman–Crippen MR) is 109 cm³/mol. The fraction of sp³-hybridized carbons (Fsp3) is 0.286. The van der Waals surface area contributed by atoms with Crippen molar-refractivity contribution in [3.8, 4) is 17.6 Å². The molecule has 1 saturated heterocycles. The molecule has 0 aliphatic carbocycles. The number of aliphatic hydroxyl groups is 1. The molecule has 0 spiro atoms. The highest BCUT2D eigenvalue weighted by Crippen LogP contribution is 2.40. The van der Waals surface area contributed by atoms with Crippen molar-refractivity contribution >= 4 is 28.9 Å². The van der Waals surface area contributed by atoms with Gasteiger partial charge in [0.25, 0.3) is 11.6 Å². The second-order valence-electron chi connectivity index (χ2n) is 7.01. The first-order valence-electron chi connectivity index (χ1n) is 9.31. The summed E-state index contributed by atoms with van der Waals surface area (Å²) in [5.74, 6) is 5.69. The minimum Gasteiger partial charge on any atom is -0.495 e. The van der Waals surface area contributed by atoms with Crippen molar-refractivity contribution < 1.29 is 24.3 Å². The van der Waals surface area contributed by atoms with E-state index >= 15 is 0 Å². The summed E-state index contributed by atoms with van der Waals surface area (Å²) >= 11 is 0. The van der Waals surface area contributed by atoms with Crippen LogP contribution in [0.15, 0.2) is 24.4 Å². The number of fused-ring (bicyclic) bond motifs is 1. The molecule has 0 bridgehead atoms. The zero-order valence-electron chi connectivity index (χ0n) is 16.2. The summed E-state index contributed by atoms with van der Waals surface area (Å²) in [6.07, 6.45) is 3.84. The highest BCUT2D eigenvalue weighted by atomic mass is 16.6. The molecule has 3 heterocycles. The van der Waals surface area contributed by atoms with E-state index in [-0.39, 0.29) is 16.8 Å². The third kappa shape index (κ3) is 3.54. The molecular weight excluding hydrogens is 390 g/mol. The van der Waals surface area contributed by atoms with Gasteiger partial charge in [0, 0.05) is 30.7 Å². The number of nitrogens with zero attached hydrogens (tertiary/aromatic N) is 1. The Labute approximate surface area is 171 Å². The van der Waals surface area contributed by atoms with E-state index in [0.717, 1.165) is 0 Å². The first-order valence-corrected chi connectivity index (χ1v) is 9.31. The Morgan fingerprint density at radius 1 is 1.33 bits per heavy atom. The van der Waals surface area contributed by atoms with Gasteiger partial charge in [0.05, 0.1) is 42.2 Å². The molecule has 0 atom stereocenters. The number of carbonyl (C=O) groups is 1. The van der Waals surface area contributed by atoms with Crippen LogP contribution < -0.4 is 10.1 Å². The van der Waals surface area contributed by atoms with Crippen molar-refractivity contribution in [3.63, 3.8) is 0 Å². The number of aromatic amines is 1. The van der Waals surface area contributed by atoms with Crippen LogP contribution >= 0.6 is 0 Å². The van der Waals surface area contributed by atoms with Crippen LogP contribution in [0, 0.1) is 22.0 Å². The summed E-state index contributed by atoms with van der Waals surface area (Å²) in [6.45, 7) is 0.718. The fourth-order valence-corrected chi connectivity index (χ4v) is 3.51. The number of nitro benzene ring substituents is 1. The van der Waals surface area contributed by atoms with E-state index in [4.69, 9.17) is 9.47 Å². The van der Waals surface area contributed by atoms with Crippen LogP contribution in [0.25, 0.3) is 11.6 Å². The number of nitrogens with one attached hydrogen (secondary N) is 2. The first-order chi connectivity index (χ1) is 14.4. The second kappa shape index (κ2) is 7.67. The molecule has 0 radical (unpaired) electrons. The number of amides is 1. The van der Waals surface area contributed by atoms with E-state index in [1.165, 1.54) is 19.2 Å². The van der Waals surface area contributed by atoms with Gasteiger partial charge in [0.2, 0.25) is 0 Å². The van der Waals surface area contributed by atoms with Crippen LogP contribution in [0.4, 0.5) is 11.4 Å². The normalized spacial score (nSPS) is 18.3. The van der Waals surface area contributed by atoms with Crippen molar-refractivity contribution in [3.05, 3.63) is 51.3 Å². The van der Waals surface area contributed by atoms with Gasteiger partial charge in [-0.3, -0.25) is 14.9 Å². The molecule has 3 N–H and O–H groups in total. The second-order valence-corrected chi connectivity index (χ2v) is 7.01. The molecule has 0 saturated carbocycles. The van der Waals surface area contributed by atoms with Gasteiger partial charge in [-0.1, -0.05) is 11.8 Å². The van der Waals surface area contributed by atoms with Crippen LogP contribution in [0.2, 0.25) is 0 Å². The summed E-state index contributed by atoms with van der Waals surface area (Å²) in [4.78, 5) is 26.7. The maximum Gasteiger partial charge on any atom is 0.285 e. The lowest BCUT2D eigenvalue weighted by Gasteiger charge is -2.26. The zero-order valence-corrected chi connectivity index (χ0v) is 16.2. The van der Waals surface area contributed by atoms with Gasteiger partial charge in [-0.25, -0.2) is 0 Å². The summed E-state index contributed by atoms with van der Waals surface area (Å²) < 4.78 is 10.5. The number of benzene rings is 1. The minimum absolute atomic E-state index is 0.0764. The van der Waals surface area contributed by atoms with E-state index in [2.05, 4.69) is 22.1 Å². The van der Waals surface area contributed by atoms with Crippen molar-refractivity contribution in [2.45, 2.75) is 18.4 Å². The number of hydrogen-bond acceptors (Lipinski definition) is 6. The van der Waals surface area contributed by atoms with Crippen molar-refractivity contribution in [2.24, 2.45) is 0 Å².